The van der Waals surface area contributed by atoms with Crippen LogP contribution in [0.25, 0.3) is 0 Å². The van der Waals surface area contributed by atoms with Gasteiger partial charge in [0.1, 0.15) is 0 Å². The first-order valence-electron chi connectivity index (χ1n) is 6.28. The van der Waals surface area contributed by atoms with Crippen molar-refractivity contribution < 1.29 is 18.3 Å². The van der Waals surface area contributed by atoms with Crippen LogP contribution in [0.1, 0.15) is 26.3 Å². The van der Waals surface area contributed by atoms with Crippen molar-refractivity contribution in [2.24, 2.45) is 0 Å². The Balaban J connectivity index is 2.78. The summed E-state index contributed by atoms with van der Waals surface area (Å²) in [6, 6.07) is 4.06. The van der Waals surface area contributed by atoms with Gasteiger partial charge in [-0.1, -0.05) is 12.1 Å². The molecule has 3 nitrogen and oxygen atoms in total. The van der Waals surface area contributed by atoms with E-state index in [1.54, 1.807) is 11.8 Å². The zero-order valence-electron chi connectivity index (χ0n) is 11.5. The second-order valence-electron chi connectivity index (χ2n) is 4.52. The van der Waals surface area contributed by atoms with Gasteiger partial charge in [-0.15, -0.1) is 0 Å². The zero-order valence-corrected chi connectivity index (χ0v) is 11.5. The van der Waals surface area contributed by atoms with E-state index in [0.29, 0.717) is 6.61 Å². The largest absolute Gasteiger partial charge is 0.465 e. The molecule has 19 heavy (non-hydrogen) atoms. The summed E-state index contributed by atoms with van der Waals surface area (Å²) in [6.45, 7) is 6.03. The standard InChI is InChI=1S/C14H19F2NO2/c1-4-19-13(18)9-17(10(2)3)8-11-6-5-7-12(15)14(11)16/h5-7,10H,4,8-9H2,1-3H3. The summed E-state index contributed by atoms with van der Waals surface area (Å²) in [4.78, 5) is 13.2. The molecule has 0 aromatic heterocycles. The monoisotopic (exact) mass is 271 g/mol. The van der Waals surface area contributed by atoms with Gasteiger partial charge in [0.25, 0.3) is 0 Å². The van der Waals surface area contributed by atoms with Crippen LogP contribution in [0, 0.1) is 11.6 Å². The van der Waals surface area contributed by atoms with Gasteiger partial charge in [0.15, 0.2) is 11.6 Å². The summed E-state index contributed by atoms with van der Waals surface area (Å²) in [5, 5.41) is 0. The lowest BCUT2D eigenvalue weighted by molar-refractivity contribution is -0.145. The highest BCUT2D eigenvalue weighted by Crippen LogP contribution is 2.15. The van der Waals surface area contributed by atoms with Gasteiger partial charge in [-0.3, -0.25) is 9.69 Å². The molecule has 1 aromatic carbocycles. The van der Waals surface area contributed by atoms with Gasteiger partial charge in [0.05, 0.1) is 13.2 Å². The molecule has 0 aliphatic heterocycles. The fourth-order valence-electron chi connectivity index (χ4n) is 1.68. The molecule has 0 fully saturated rings. The van der Waals surface area contributed by atoms with Crippen LogP contribution in [-0.2, 0) is 16.1 Å². The molecule has 0 bridgehead atoms. The quantitative estimate of drug-likeness (QED) is 0.745. The molecule has 0 aliphatic carbocycles. The molecule has 0 radical (unpaired) electrons. The average molecular weight is 271 g/mol. The molecule has 0 unspecified atom stereocenters. The molecule has 0 atom stereocenters. The van der Waals surface area contributed by atoms with Gasteiger partial charge in [0.2, 0.25) is 0 Å². The van der Waals surface area contributed by atoms with Crippen molar-refractivity contribution in [2.45, 2.75) is 33.4 Å². The Hall–Kier alpha value is -1.49. The maximum Gasteiger partial charge on any atom is 0.320 e. The summed E-state index contributed by atoms with van der Waals surface area (Å²) < 4.78 is 31.6. The lowest BCUT2D eigenvalue weighted by atomic mass is 10.1. The molecule has 0 amide bonds. The van der Waals surface area contributed by atoms with Gasteiger partial charge < -0.3 is 4.74 Å². The van der Waals surface area contributed by atoms with E-state index >= 15 is 0 Å². The third kappa shape index (κ3) is 4.59. The molecule has 0 saturated heterocycles. The van der Waals surface area contributed by atoms with Crippen molar-refractivity contribution in [2.75, 3.05) is 13.2 Å². The first-order valence-corrected chi connectivity index (χ1v) is 6.28. The number of esters is 1. The second-order valence-corrected chi connectivity index (χ2v) is 4.52. The number of hydrogen-bond donors (Lipinski definition) is 0. The topological polar surface area (TPSA) is 29.5 Å². The minimum absolute atomic E-state index is 0.0204. The fraction of sp³-hybridized carbons (Fsp3) is 0.500. The van der Waals surface area contributed by atoms with Crippen LogP contribution in [-0.4, -0.2) is 30.1 Å². The molecular formula is C14H19F2NO2. The number of rotatable bonds is 6. The van der Waals surface area contributed by atoms with Crippen LogP contribution in [0.2, 0.25) is 0 Å². The second kappa shape index (κ2) is 7.19. The van der Waals surface area contributed by atoms with Crippen molar-refractivity contribution in [3.63, 3.8) is 0 Å². The van der Waals surface area contributed by atoms with Gasteiger partial charge in [0, 0.05) is 18.2 Å². The minimum atomic E-state index is -0.877. The number of benzene rings is 1. The Morgan fingerprint density at radius 1 is 1.37 bits per heavy atom. The normalized spacial score (nSPS) is 11.1. The van der Waals surface area contributed by atoms with E-state index in [1.807, 2.05) is 13.8 Å². The highest BCUT2D eigenvalue weighted by atomic mass is 19.2. The third-order valence-electron chi connectivity index (χ3n) is 2.77. The molecule has 0 N–H and O–H groups in total. The SMILES string of the molecule is CCOC(=O)CN(Cc1cccc(F)c1F)C(C)C. The third-order valence-corrected chi connectivity index (χ3v) is 2.77. The summed E-state index contributed by atoms with van der Waals surface area (Å²) in [5.41, 5.74) is 0.234. The maximum atomic E-state index is 13.6. The van der Waals surface area contributed by atoms with E-state index in [2.05, 4.69) is 0 Å². The minimum Gasteiger partial charge on any atom is -0.465 e. The molecular weight excluding hydrogens is 252 g/mol. The number of hydrogen-bond acceptors (Lipinski definition) is 3. The summed E-state index contributed by atoms with van der Waals surface area (Å²) in [7, 11) is 0. The molecule has 1 aromatic rings. The summed E-state index contributed by atoms with van der Waals surface area (Å²) in [6.07, 6.45) is 0. The Labute approximate surface area is 112 Å². The molecule has 0 saturated carbocycles. The molecule has 0 heterocycles. The van der Waals surface area contributed by atoms with E-state index in [0.717, 1.165) is 6.07 Å². The van der Waals surface area contributed by atoms with E-state index < -0.39 is 11.6 Å². The van der Waals surface area contributed by atoms with Gasteiger partial charge >= 0.3 is 5.97 Å². The summed E-state index contributed by atoms with van der Waals surface area (Å²) in [5.74, 6) is -2.11. The molecule has 106 valence electrons. The van der Waals surface area contributed by atoms with Crippen molar-refractivity contribution in [3.05, 3.63) is 35.4 Å². The van der Waals surface area contributed by atoms with Crippen LogP contribution in [0.3, 0.4) is 0 Å². The van der Waals surface area contributed by atoms with E-state index in [-0.39, 0.29) is 30.7 Å². The van der Waals surface area contributed by atoms with Gasteiger partial charge in [-0.25, -0.2) is 8.78 Å². The van der Waals surface area contributed by atoms with Crippen molar-refractivity contribution in [3.8, 4) is 0 Å². The lowest BCUT2D eigenvalue weighted by Gasteiger charge is -2.25. The van der Waals surface area contributed by atoms with E-state index in [1.165, 1.54) is 12.1 Å². The zero-order chi connectivity index (χ0) is 14.4. The fourth-order valence-corrected chi connectivity index (χ4v) is 1.68. The maximum absolute atomic E-state index is 13.6. The molecule has 5 heteroatoms. The van der Waals surface area contributed by atoms with Crippen molar-refractivity contribution in [1.82, 2.24) is 4.90 Å². The predicted octanol–water partition coefficient (Wildman–Crippen LogP) is 2.74. The lowest BCUT2D eigenvalue weighted by Crippen LogP contribution is -2.36. The van der Waals surface area contributed by atoms with Gasteiger partial charge in [-0.05, 0) is 26.8 Å². The van der Waals surface area contributed by atoms with E-state index in [4.69, 9.17) is 4.74 Å². The number of nitrogens with zero attached hydrogens (tertiary/aromatic N) is 1. The first kappa shape index (κ1) is 15.6. The van der Waals surface area contributed by atoms with Crippen LogP contribution in [0.4, 0.5) is 8.78 Å². The molecule has 1 rings (SSSR count). The molecule has 0 spiro atoms. The van der Waals surface area contributed by atoms with Gasteiger partial charge in [-0.2, -0.15) is 0 Å². The highest BCUT2D eigenvalue weighted by molar-refractivity contribution is 5.71. The Bertz CT molecular complexity index is 435. The number of carbonyl (C=O) groups is 1. The van der Waals surface area contributed by atoms with Crippen LogP contribution < -0.4 is 0 Å². The Morgan fingerprint density at radius 3 is 2.63 bits per heavy atom. The average Bonchev–Trinajstić information content (AvgIpc) is 2.34. The smallest absolute Gasteiger partial charge is 0.320 e. The van der Waals surface area contributed by atoms with Crippen LogP contribution >= 0.6 is 0 Å². The summed E-state index contributed by atoms with van der Waals surface area (Å²) >= 11 is 0. The van der Waals surface area contributed by atoms with Crippen molar-refractivity contribution in [1.29, 1.82) is 0 Å². The molecule has 0 aliphatic rings. The van der Waals surface area contributed by atoms with E-state index in [9.17, 15) is 13.6 Å². The van der Waals surface area contributed by atoms with Crippen molar-refractivity contribution >= 4 is 5.97 Å². The Morgan fingerprint density at radius 2 is 2.05 bits per heavy atom. The highest BCUT2D eigenvalue weighted by Gasteiger charge is 2.18. The predicted molar refractivity (Wildman–Crippen MR) is 68.5 cm³/mol. The Kier molecular flexibility index (Phi) is 5.89. The van der Waals surface area contributed by atoms with Crippen LogP contribution in [0.15, 0.2) is 18.2 Å². The first-order chi connectivity index (χ1) is 8.95. The van der Waals surface area contributed by atoms with Crippen LogP contribution in [0.5, 0.6) is 0 Å². The number of carbonyl (C=O) groups excluding carboxylic acids is 1. The number of halogens is 2. The number of ether oxygens (including phenoxy) is 1.